The molecule has 2 unspecified atom stereocenters. The molecule has 15 heavy (non-hydrogen) atoms. The van der Waals surface area contributed by atoms with E-state index in [-0.39, 0.29) is 0 Å². The molecular weight excluding hydrogens is 252 g/mol. The van der Waals surface area contributed by atoms with Crippen molar-refractivity contribution in [3.8, 4) is 0 Å². The molecule has 0 saturated carbocycles. The van der Waals surface area contributed by atoms with Crippen LogP contribution in [0.3, 0.4) is 0 Å². The van der Waals surface area contributed by atoms with Crippen molar-refractivity contribution in [1.82, 2.24) is 0 Å². The van der Waals surface area contributed by atoms with Gasteiger partial charge in [-0.3, -0.25) is 0 Å². The highest BCUT2D eigenvalue weighted by atomic mass is 79.9. The first-order valence-electron chi connectivity index (χ1n) is 5.49. The number of ether oxygens (including phenoxy) is 1. The summed E-state index contributed by atoms with van der Waals surface area (Å²) in [6, 6.07) is 6.61. The van der Waals surface area contributed by atoms with Crippen LogP contribution < -0.4 is 0 Å². The van der Waals surface area contributed by atoms with Crippen molar-refractivity contribution in [2.75, 3.05) is 5.33 Å². The summed E-state index contributed by atoms with van der Waals surface area (Å²) < 4.78 is 5.99. The van der Waals surface area contributed by atoms with Crippen molar-refractivity contribution in [3.63, 3.8) is 0 Å². The number of rotatable bonds is 2. The molecule has 0 N–H and O–H groups in total. The zero-order valence-electron chi connectivity index (χ0n) is 9.29. The molecule has 0 bridgehead atoms. The maximum Gasteiger partial charge on any atom is 0.0832 e. The van der Waals surface area contributed by atoms with Gasteiger partial charge >= 0.3 is 0 Å². The van der Waals surface area contributed by atoms with E-state index in [1.165, 1.54) is 23.1 Å². The fourth-order valence-corrected chi connectivity index (χ4v) is 2.63. The summed E-state index contributed by atoms with van der Waals surface area (Å²) in [5.41, 5.74) is 4.04. The van der Waals surface area contributed by atoms with Crippen LogP contribution in [0.1, 0.15) is 35.6 Å². The predicted octanol–water partition coefficient (Wildman–Crippen LogP) is 3.92. The number of hydrogen-bond donors (Lipinski definition) is 0. The minimum atomic E-state index is 0.312. The standard InChI is InChI=1S/C13H17BrO/c1-9-3-4-10(2)12(7-9)13-6-5-11(8-14)15-13/h3-4,7,11,13H,5-6,8H2,1-2H3. The molecule has 82 valence electrons. The van der Waals surface area contributed by atoms with Gasteiger partial charge in [0, 0.05) is 5.33 Å². The average molecular weight is 269 g/mol. The molecule has 1 heterocycles. The molecule has 0 spiro atoms. The molecule has 1 nitrogen and oxygen atoms in total. The van der Waals surface area contributed by atoms with Crippen LogP contribution in [0.5, 0.6) is 0 Å². The van der Waals surface area contributed by atoms with E-state index in [2.05, 4.69) is 48.0 Å². The summed E-state index contributed by atoms with van der Waals surface area (Å²) in [7, 11) is 0. The Balaban J connectivity index is 2.19. The van der Waals surface area contributed by atoms with E-state index in [0.717, 1.165) is 11.8 Å². The maximum absolute atomic E-state index is 5.99. The van der Waals surface area contributed by atoms with Gasteiger partial charge in [0.05, 0.1) is 12.2 Å². The SMILES string of the molecule is Cc1ccc(C)c(C2CCC(CBr)O2)c1. The average Bonchev–Trinajstić information content (AvgIpc) is 2.70. The minimum Gasteiger partial charge on any atom is -0.369 e. The number of alkyl halides is 1. The molecule has 0 aromatic heterocycles. The van der Waals surface area contributed by atoms with Crippen molar-refractivity contribution in [2.24, 2.45) is 0 Å². The molecule has 1 fully saturated rings. The Bertz CT molecular complexity index is 348. The van der Waals surface area contributed by atoms with Gasteiger partial charge in [-0.1, -0.05) is 39.7 Å². The van der Waals surface area contributed by atoms with Crippen LogP contribution in [0, 0.1) is 13.8 Å². The Kier molecular flexibility index (Phi) is 3.47. The maximum atomic E-state index is 5.99. The van der Waals surface area contributed by atoms with Gasteiger partial charge in [0.25, 0.3) is 0 Å². The normalized spacial score (nSPS) is 25.8. The van der Waals surface area contributed by atoms with Gasteiger partial charge in [0.2, 0.25) is 0 Å². The van der Waals surface area contributed by atoms with E-state index in [9.17, 15) is 0 Å². The van der Waals surface area contributed by atoms with E-state index in [0.29, 0.717) is 12.2 Å². The first-order valence-corrected chi connectivity index (χ1v) is 6.61. The molecule has 1 aliphatic heterocycles. The second-order valence-corrected chi connectivity index (χ2v) is 4.99. The fraction of sp³-hybridized carbons (Fsp3) is 0.538. The third kappa shape index (κ3) is 2.43. The van der Waals surface area contributed by atoms with E-state index in [1.54, 1.807) is 0 Å². The lowest BCUT2D eigenvalue weighted by Gasteiger charge is -2.15. The van der Waals surface area contributed by atoms with E-state index < -0.39 is 0 Å². The van der Waals surface area contributed by atoms with Crippen molar-refractivity contribution in [1.29, 1.82) is 0 Å². The quantitative estimate of drug-likeness (QED) is 0.739. The number of aryl methyl sites for hydroxylation is 2. The van der Waals surface area contributed by atoms with Crippen molar-refractivity contribution in [2.45, 2.75) is 38.9 Å². The summed E-state index contributed by atoms with van der Waals surface area (Å²) in [5.74, 6) is 0. The summed E-state index contributed by atoms with van der Waals surface area (Å²) >= 11 is 3.48. The highest BCUT2D eigenvalue weighted by molar-refractivity contribution is 9.09. The van der Waals surface area contributed by atoms with Gasteiger partial charge in [0.1, 0.15) is 0 Å². The van der Waals surface area contributed by atoms with Crippen LogP contribution in [-0.4, -0.2) is 11.4 Å². The van der Waals surface area contributed by atoms with E-state index >= 15 is 0 Å². The minimum absolute atomic E-state index is 0.312. The first-order chi connectivity index (χ1) is 7.20. The van der Waals surface area contributed by atoms with Crippen LogP contribution in [-0.2, 0) is 4.74 Å². The fourth-order valence-electron chi connectivity index (χ4n) is 2.15. The molecule has 2 heteroatoms. The zero-order chi connectivity index (χ0) is 10.8. The lowest BCUT2D eigenvalue weighted by Crippen LogP contribution is -2.08. The summed E-state index contributed by atoms with van der Waals surface area (Å²) in [6.45, 7) is 4.31. The van der Waals surface area contributed by atoms with Crippen molar-refractivity contribution >= 4 is 15.9 Å². The second-order valence-electron chi connectivity index (χ2n) is 4.34. The Morgan fingerprint density at radius 2 is 2.13 bits per heavy atom. The number of hydrogen-bond acceptors (Lipinski definition) is 1. The van der Waals surface area contributed by atoms with Crippen LogP contribution in [0.2, 0.25) is 0 Å². The lowest BCUT2D eigenvalue weighted by molar-refractivity contribution is 0.0584. The molecule has 1 aromatic rings. The van der Waals surface area contributed by atoms with Crippen LogP contribution >= 0.6 is 15.9 Å². The summed E-state index contributed by atoms with van der Waals surface area (Å²) in [6.07, 6.45) is 3.03. The van der Waals surface area contributed by atoms with Crippen LogP contribution in [0.15, 0.2) is 18.2 Å². The Hall–Kier alpha value is -0.340. The Labute approximate surface area is 100.0 Å². The monoisotopic (exact) mass is 268 g/mol. The van der Waals surface area contributed by atoms with Crippen LogP contribution in [0.25, 0.3) is 0 Å². The van der Waals surface area contributed by atoms with Gasteiger partial charge in [-0.15, -0.1) is 0 Å². The predicted molar refractivity (Wildman–Crippen MR) is 66.6 cm³/mol. The largest absolute Gasteiger partial charge is 0.369 e. The van der Waals surface area contributed by atoms with E-state index in [4.69, 9.17) is 4.74 Å². The first kappa shape index (κ1) is 11.2. The molecular formula is C13H17BrO. The summed E-state index contributed by atoms with van der Waals surface area (Å²) in [4.78, 5) is 0. The molecule has 0 amide bonds. The van der Waals surface area contributed by atoms with Crippen molar-refractivity contribution in [3.05, 3.63) is 34.9 Å². The lowest BCUT2D eigenvalue weighted by atomic mass is 9.99. The van der Waals surface area contributed by atoms with Gasteiger partial charge < -0.3 is 4.74 Å². The topological polar surface area (TPSA) is 9.23 Å². The second kappa shape index (κ2) is 4.67. The molecule has 0 radical (unpaired) electrons. The highest BCUT2D eigenvalue weighted by Crippen LogP contribution is 2.35. The molecule has 1 saturated heterocycles. The third-order valence-electron chi connectivity index (χ3n) is 3.06. The molecule has 1 aliphatic rings. The van der Waals surface area contributed by atoms with E-state index in [1.807, 2.05) is 0 Å². The van der Waals surface area contributed by atoms with Gasteiger partial charge in [-0.05, 0) is 37.8 Å². The smallest absolute Gasteiger partial charge is 0.0832 e. The van der Waals surface area contributed by atoms with Gasteiger partial charge in [-0.2, -0.15) is 0 Å². The summed E-state index contributed by atoms with van der Waals surface area (Å²) in [5, 5.41) is 0.953. The molecule has 2 rings (SSSR count). The molecule has 2 atom stereocenters. The number of benzene rings is 1. The Morgan fingerprint density at radius 1 is 1.33 bits per heavy atom. The third-order valence-corrected chi connectivity index (χ3v) is 3.78. The molecule has 1 aromatic carbocycles. The van der Waals surface area contributed by atoms with Gasteiger partial charge in [-0.25, -0.2) is 0 Å². The Morgan fingerprint density at radius 3 is 2.80 bits per heavy atom. The van der Waals surface area contributed by atoms with Crippen molar-refractivity contribution < 1.29 is 4.74 Å². The van der Waals surface area contributed by atoms with Gasteiger partial charge in [0.15, 0.2) is 0 Å². The zero-order valence-corrected chi connectivity index (χ0v) is 10.9. The molecule has 0 aliphatic carbocycles. The highest BCUT2D eigenvalue weighted by Gasteiger charge is 2.26. The number of halogens is 1. The van der Waals surface area contributed by atoms with Crippen LogP contribution in [0.4, 0.5) is 0 Å².